The van der Waals surface area contributed by atoms with Gasteiger partial charge in [-0.3, -0.25) is 4.90 Å². The smallest absolute Gasteiger partial charge is 0.182 e. The quantitative estimate of drug-likeness (QED) is 0.465. The molecule has 0 aliphatic carbocycles. The molecular formula is C23H22ClN5O3S. The van der Waals surface area contributed by atoms with E-state index in [2.05, 4.69) is 10.2 Å². The predicted molar refractivity (Wildman–Crippen MR) is 127 cm³/mol. The van der Waals surface area contributed by atoms with Crippen molar-refractivity contribution in [1.29, 1.82) is 0 Å². The molecule has 0 saturated carbocycles. The van der Waals surface area contributed by atoms with Crippen LogP contribution >= 0.6 is 11.6 Å². The number of aliphatic hydroxyl groups is 1. The van der Waals surface area contributed by atoms with Gasteiger partial charge in [0.15, 0.2) is 15.5 Å². The Morgan fingerprint density at radius 2 is 1.48 bits per heavy atom. The zero-order valence-electron chi connectivity index (χ0n) is 17.7. The van der Waals surface area contributed by atoms with E-state index in [4.69, 9.17) is 16.7 Å². The van der Waals surface area contributed by atoms with Crippen LogP contribution in [0.15, 0.2) is 60.7 Å². The summed E-state index contributed by atoms with van der Waals surface area (Å²) in [6, 6.07) is 19.2. The van der Waals surface area contributed by atoms with Crippen molar-refractivity contribution in [3.8, 4) is 22.5 Å². The van der Waals surface area contributed by atoms with Crippen molar-refractivity contribution < 1.29 is 13.5 Å². The molecule has 0 amide bonds. The number of fused-ring (bicyclic) bond motifs is 1. The molecule has 2 aromatic heterocycles. The molecule has 1 N–H and O–H groups in total. The van der Waals surface area contributed by atoms with Gasteiger partial charge in [-0.05, 0) is 0 Å². The molecule has 10 heteroatoms. The highest BCUT2D eigenvalue weighted by Gasteiger charge is 2.28. The van der Waals surface area contributed by atoms with Gasteiger partial charge in [-0.2, -0.15) is 5.10 Å². The summed E-state index contributed by atoms with van der Waals surface area (Å²) in [5.74, 6) is 0.0660. The maximum Gasteiger partial charge on any atom is 0.182 e. The Hall–Kier alpha value is -2.85. The van der Waals surface area contributed by atoms with Crippen LogP contribution in [0.5, 0.6) is 0 Å². The van der Waals surface area contributed by atoms with Crippen LogP contribution in [-0.2, 0) is 16.4 Å². The van der Waals surface area contributed by atoms with E-state index in [0.717, 1.165) is 11.1 Å². The summed E-state index contributed by atoms with van der Waals surface area (Å²) in [6.07, 6.45) is -0.915. The number of nitrogens with zero attached hydrogens (tertiary/aromatic N) is 5. The number of rotatable bonds is 5. The molecule has 1 saturated heterocycles. The van der Waals surface area contributed by atoms with Crippen molar-refractivity contribution in [3.63, 3.8) is 0 Å². The molecular weight excluding hydrogens is 462 g/mol. The second kappa shape index (κ2) is 8.83. The summed E-state index contributed by atoms with van der Waals surface area (Å²) in [5.41, 5.74) is 3.38. The minimum absolute atomic E-state index is 0.0330. The van der Waals surface area contributed by atoms with Crippen molar-refractivity contribution in [3.05, 3.63) is 65.7 Å². The summed E-state index contributed by atoms with van der Waals surface area (Å²) in [5, 5.41) is 25.5. The Morgan fingerprint density at radius 1 is 0.909 bits per heavy atom. The Kier molecular flexibility index (Phi) is 5.88. The molecule has 1 fully saturated rings. The summed E-state index contributed by atoms with van der Waals surface area (Å²) in [4.78, 5) is 1.74. The second-order valence-electron chi connectivity index (χ2n) is 7.99. The van der Waals surface area contributed by atoms with Crippen molar-refractivity contribution in [2.24, 2.45) is 0 Å². The fourth-order valence-electron chi connectivity index (χ4n) is 4.02. The first-order chi connectivity index (χ1) is 15.9. The minimum atomic E-state index is -3.04. The van der Waals surface area contributed by atoms with Crippen LogP contribution < -0.4 is 0 Å². The number of benzene rings is 2. The molecule has 3 heterocycles. The van der Waals surface area contributed by atoms with Gasteiger partial charge in [0.25, 0.3) is 0 Å². The van der Waals surface area contributed by atoms with E-state index in [0.29, 0.717) is 27.4 Å². The lowest BCUT2D eigenvalue weighted by Crippen LogP contribution is -2.47. The third-order valence-electron chi connectivity index (χ3n) is 5.83. The number of hydrogen-bond acceptors (Lipinski definition) is 7. The first-order valence-corrected chi connectivity index (χ1v) is 12.8. The second-order valence-corrected chi connectivity index (χ2v) is 10.7. The van der Waals surface area contributed by atoms with Crippen molar-refractivity contribution in [1.82, 2.24) is 24.9 Å². The first kappa shape index (κ1) is 22.0. The van der Waals surface area contributed by atoms with Gasteiger partial charge < -0.3 is 5.11 Å². The monoisotopic (exact) mass is 483 g/mol. The number of sulfone groups is 1. The standard InChI is InChI=1S/C23H22ClN5O3S/c24-20-19-21(16-7-3-1-4-8-16)27-29(15-18(30)28-11-13-33(31,32)14-12-28)23(19)26-25-22(20)17-9-5-2-6-10-17/h1-10,18,30H,11-15H2. The average molecular weight is 484 g/mol. The van der Waals surface area contributed by atoms with Gasteiger partial charge in [-0.25, -0.2) is 13.1 Å². The molecule has 1 aliphatic rings. The SMILES string of the molecule is O=S1(=O)CCN(C(O)Cn2nc(-c3ccccc3)c3c(Cl)c(-c4ccccc4)nnc32)CC1. The molecule has 1 atom stereocenters. The van der Waals surface area contributed by atoms with E-state index in [1.807, 2.05) is 60.7 Å². The number of aromatic nitrogens is 4. The van der Waals surface area contributed by atoms with Gasteiger partial charge in [0.05, 0.1) is 28.5 Å². The Balaban J connectivity index is 1.58. The van der Waals surface area contributed by atoms with Crippen LogP contribution in [0.1, 0.15) is 0 Å². The topological polar surface area (TPSA) is 101 Å². The predicted octanol–water partition coefficient (Wildman–Crippen LogP) is 2.86. The Labute approximate surface area is 196 Å². The molecule has 5 rings (SSSR count). The molecule has 33 heavy (non-hydrogen) atoms. The number of halogens is 1. The molecule has 170 valence electrons. The zero-order valence-corrected chi connectivity index (χ0v) is 19.2. The highest BCUT2D eigenvalue weighted by molar-refractivity contribution is 7.91. The van der Waals surface area contributed by atoms with E-state index in [9.17, 15) is 13.5 Å². The zero-order chi connectivity index (χ0) is 23.0. The van der Waals surface area contributed by atoms with Crippen LogP contribution in [0.3, 0.4) is 0 Å². The lowest BCUT2D eigenvalue weighted by molar-refractivity contribution is -0.00460. The molecule has 4 aromatic rings. The van der Waals surface area contributed by atoms with Crippen LogP contribution in [0.25, 0.3) is 33.5 Å². The summed E-state index contributed by atoms with van der Waals surface area (Å²) < 4.78 is 25.1. The normalized spacial score (nSPS) is 17.3. The Morgan fingerprint density at radius 3 is 2.09 bits per heavy atom. The van der Waals surface area contributed by atoms with Gasteiger partial charge in [-0.15, -0.1) is 10.2 Å². The third kappa shape index (κ3) is 4.37. The fraction of sp³-hybridized carbons (Fsp3) is 0.261. The van der Waals surface area contributed by atoms with E-state index in [-0.39, 0.29) is 31.1 Å². The maximum atomic E-state index is 11.7. The molecule has 0 radical (unpaired) electrons. The maximum absolute atomic E-state index is 11.7. The van der Waals surface area contributed by atoms with Gasteiger partial charge in [0.1, 0.15) is 17.6 Å². The van der Waals surface area contributed by atoms with Crippen molar-refractivity contribution >= 4 is 32.5 Å². The lowest BCUT2D eigenvalue weighted by atomic mass is 10.1. The van der Waals surface area contributed by atoms with Crippen LogP contribution in [-0.4, -0.2) is 69.2 Å². The van der Waals surface area contributed by atoms with Crippen molar-refractivity contribution in [2.45, 2.75) is 12.8 Å². The third-order valence-corrected chi connectivity index (χ3v) is 7.81. The van der Waals surface area contributed by atoms with E-state index < -0.39 is 16.1 Å². The molecule has 1 aliphatic heterocycles. The van der Waals surface area contributed by atoms with Crippen LogP contribution in [0.4, 0.5) is 0 Å². The summed E-state index contributed by atoms with van der Waals surface area (Å²) >= 11 is 6.87. The highest BCUT2D eigenvalue weighted by atomic mass is 35.5. The fourth-order valence-corrected chi connectivity index (χ4v) is 5.57. The first-order valence-electron chi connectivity index (χ1n) is 10.6. The average Bonchev–Trinajstić information content (AvgIpc) is 3.19. The van der Waals surface area contributed by atoms with Gasteiger partial charge in [-0.1, -0.05) is 72.3 Å². The van der Waals surface area contributed by atoms with Gasteiger partial charge >= 0.3 is 0 Å². The summed E-state index contributed by atoms with van der Waals surface area (Å²) in [6.45, 7) is 0.663. The largest absolute Gasteiger partial charge is 0.376 e. The summed E-state index contributed by atoms with van der Waals surface area (Å²) in [7, 11) is -3.04. The van der Waals surface area contributed by atoms with Crippen LogP contribution in [0, 0.1) is 0 Å². The highest BCUT2D eigenvalue weighted by Crippen LogP contribution is 2.37. The lowest BCUT2D eigenvalue weighted by Gasteiger charge is -2.30. The molecule has 8 nitrogen and oxygen atoms in total. The van der Waals surface area contributed by atoms with Gasteiger partial charge in [0, 0.05) is 24.2 Å². The number of hydrogen-bond donors (Lipinski definition) is 1. The van der Waals surface area contributed by atoms with Crippen molar-refractivity contribution in [2.75, 3.05) is 24.6 Å². The van der Waals surface area contributed by atoms with E-state index >= 15 is 0 Å². The van der Waals surface area contributed by atoms with Gasteiger partial charge in [0.2, 0.25) is 0 Å². The van der Waals surface area contributed by atoms with E-state index in [1.165, 1.54) is 0 Å². The number of aliphatic hydroxyl groups excluding tert-OH is 1. The molecule has 0 spiro atoms. The molecule has 1 unspecified atom stereocenters. The van der Waals surface area contributed by atoms with Crippen LogP contribution in [0.2, 0.25) is 5.02 Å². The molecule has 2 aromatic carbocycles. The Bertz CT molecular complexity index is 1380. The van der Waals surface area contributed by atoms with E-state index in [1.54, 1.807) is 9.58 Å². The molecule has 0 bridgehead atoms. The minimum Gasteiger partial charge on any atom is -0.376 e.